The number of amides is 2. The Morgan fingerprint density at radius 3 is 2.58 bits per heavy atom. The van der Waals surface area contributed by atoms with Crippen LogP contribution in [0.3, 0.4) is 0 Å². The molecule has 0 aliphatic rings. The average Bonchev–Trinajstić information content (AvgIpc) is 2.38. The molecule has 0 saturated carbocycles. The quantitative estimate of drug-likeness (QED) is 0.709. The van der Waals surface area contributed by atoms with Crippen molar-refractivity contribution in [3.63, 3.8) is 0 Å². The predicted octanol–water partition coefficient (Wildman–Crippen LogP) is 2.53. The molecule has 2 amide bonds. The lowest BCUT2D eigenvalue weighted by molar-refractivity contribution is 0.0245. The zero-order chi connectivity index (χ0) is 14.1. The SMILES string of the molecule is CCCC(O)(CCC)CNC(=O)Nc1cccnc1. The molecule has 3 N–H and O–H groups in total. The maximum atomic E-state index is 11.7. The first kappa shape index (κ1) is 15.4. The summed E-state index contributed by atoms with van der Waals surface area (Å²) in [7, 11) is 0. The Hall–Kier alpha value is -1.62. The fourth-order valence-electron chi connectivity index (χ4n) is 2.09. The van der Waals surface area contributed by atoms with Gasteiger partial charge in [-0.1, -0.05) is 26.7 Å². The highest BCUT2D eigenvalue weighted by Crippen LogP contribution is 2.18. The van der Waals surface area contributed by atoms with Crippen LogP contribution in [0.4, 0.5) is 10.5 Å². The predicted molar refractivity (Wildman–Crippen MR) is 76.0 cm³/mol. The van der Waals surface area contributed by atoms with Crippen LogP contribution in [0.15, 0.2) is 24.5 Å². The molecule has 0 fully saturated rings. The van der Waals surface area contributed by atoms with E-state index >= 15 is 0 Å². The van der Waals surface area contributed by atoms with Crippen LogP contribution in [0.2, 0.25) is 0 Å². The molecular formula is C14H23N3O2. The topological polar surface area (TPSA) is 74.2 Å². The summed E-state index contributed by atoms with van der Waals surface area (Å²) in [5.41, 5.74) is -0.176. The van der Waals surface area contributed by atoms with Gasteiger partial charge in [-0.2, -0.15) is 0 Å². The number of hydrogen-bond donors (Lipinski definition) is 3. The lowest BCUT2D eigenvalue weighted by atomic mass is 9.93. The Morgan fingerprint density at radius 1 is 1.37 bits per heavy atom. The van der Waals surface area contributed by atoms with Crippen LogP contribution in [-0.2, 0) is 0 Å². The monoisotopic (exact) mass is 265 g/mol. The van der Waals surface area contributed by atoms with Gasteiger partial charge in [-0.3, -0.25) is 4.98 Å². The van der Waals surface area contributed by atoms with Gasteiger partial charge in [0.05, 0.1) is 17.5 Å². The van der Waals surface area contributed by atoms with Gasteiger partial charge in [0.15, 0.2) is 0 Å². The van der Waals surface area contributed by atoms with E-state index in [2.05, 4.69) is 15.6 Å². The fraction of sp³-hybridized carbons (Fsp3) is 0.571. The summed E-state index contributed by atoms with van der Waals surface area (Å²) in [4.78, 5) is 15.6. The smallest absolute Gasteiger partial charge is 0.319 e. The van der Waals surface area contributed by atoms with Crippen LogP contribution in [0.25, 0.3) is 0 Å². The van der Waals surface area contributed by atoms with Crippen molar-refractivity contribution in [2.75, 3.05) is 11.9 Å². The van der Waals surface area contributed by atoms with Gasteiger partial charge in [0.2, 0.25) is 0 Å². The molecule has 0 bridgehead atoms. The molecule has 0 spiro atoms. The summed E-state index contributed by atoms with van der Waals surface area (Å²) >= 11 is 0. The van der Waals surface area contributed by atoms with Crippen molar-refractivity contribution in [1.29, 1.82) is 0 Å². The van der Waals surface area contributed by atoms with Gasteiger partial charge in [-0.25, -0.2) is 4.79 Å². The second-order valence-electron chi connectivity index (χ2n) is 4.77. The summed E-state index contributed by atoms with van der Waals surface area (Å²) in [6.45, 7) is 4.31. The number of rotatable bonds is 7. The number of pyridine rings is 1. The van der Waals surface area contributed by atoms with Crippen LogP contribution in [0.1, 0.15) is 39.5 Å². The van der Waals surface area contributed by atoms with Crippen molar-refractivity contribution in [2.45, 2.75) is 45.1 Å². The lowest BCUT2D eigenvalue weighted by Gasteiger charge is -2.27. The molecule has 1 rings (SSSR count). The summed E-state index contributed by atoms with van der Waals surface area (Å²) in [6, 6.07) is 3.19. The van der Waals surface area contributed by atoms with E-state index in [4.69, 9.17) is 0 Å². The minimum Gasteiger partial charge on any atom is -0.388 e. The van der Waals surface area contributed by atoms with Crippen molar-refractivity contribution in [3.8, 4) is 0 Å². The number of anilines is 1. The number of nitrogens with zero attached hydrogens (tertiary/aromatic N) is 1. The highest BCUT2D eigenvalue weighted by Gasteiger charge is 2.25. The molecule has 0 atom stereocenters. The normalized spacial score (nSPS) is 11.1. The second kappa shape index (κ2) is 7.74. The first-order chi connectivity index (χ1) is 9.09. The van der Waals surface area contributed by atoms with Gasteiger partial charge in [0.1, 0.15) is 0 Å². The van der Waals surface area contributed by atoms with Crippen molar-refractivity contribution >= 4 is 11.7 Å². The molecule has 0 aliphatic heterocycles. The zero-order valence-corrected chi connectivity index (χ0v) is 11.6. The largest absolute Gasteiger partial charge is 0.388 e. The molecule has 0 unspecified atom stereocenters. The number of hydrogen-bond acceptors (Lipinski definition) is 3. The zero-order valence-electron chi connectivity index (χ0n) is 11.6. The Bertz CT molecular complexity index is 376. The summed E-state index contributed by atoms with van der Waals surface area (Å²) < 4.78 is 0. The summed E-state index contributed by atoms with van der Waals surface area (Å²) in [5.74, 6) is 0. The Kier molecular flexibility index (Phi) is 6.29. The van der Waals surface area contributed by atoms with E-state index in [9.17, 15) is 9.90 Å². The van der Waals surface area contributed by atoms with Crippen LogP contribution in [0.5, 0.6) is 0 Å². The van der Waals surface area contributed by atoms with Crippen molar-refractivity contribution in [2.24, 2.45) is 0 Å². The molecule has 5 heteroatoms. The average molecular weight is 265 g/mol. The molecular weight excluding hydrogens is 242 g/mol. The summed E-state index contributed by atoms with van der Waals surface area (Å²) in [6.07, 6.45) is 6.38. The highest BCUT2D eigenvalue weighted by molar-refractivity contribution is 5.88. The minimum absolute atomic E-state index is 0.265. The number of aromatic nitrogens is 1. The molecule has 1 aromatic heterocycles. The molecule has 0 saturated heterocycles. The molecule has 1 heterocycles. The van der Waals surface area contributed by atoms with Crippen molar-refractivity contribution in [3.05, 3.63) is 24.5 Å². The molecule has 0 aliphatic carbocycles. The number of nitrogens with one attached hydrogen (secondary N) is 2. The third kappa shape index (κ3) is 5.70. The maximum absolute atomic E-state index is 11.7. The van der Waals surface area contributed by atoms with E-state index in [0.717, 1.165) is 12.8 Å². The van der Waals surface area contributed by atoms with Gasteiger partial charge in [0, 0.05) is 12.7 Å². The van der Waals surface area contributed by atoms with Crippen LogP contribution in [0, 0.1) is 0 Å². The van der Waals surface area contributed by atoms with Crippen molar-refractivity contribution in [1.82, 2.24) is 10.3 Å². The van der Waals surface area contributed by atoms with Crippen LogP contribution >= 0.6 is 0 Å². The standard InChI is InChI=1S/C14H23N3O2/c1-3-7-14(19,8-4-2)11-16-13(18)17-12-6-5-9-15-10-12/h5-6,9-10,19H,3-4,7-8,11H2,1-2H3,(H2,16,17,18). The first-order valence-corrected chi connectivity index (χ1v) is 6.77. The van der Waals surface area contributed by atoms with E-state index in [0.29, 0.717) is 18.5 Å². The minimum atomic E-state index is -0.810. The van der Waals surface area contributed by atoms with Gasteiger partial charge in [-0.05, 0) is 25.0 Å². The Morgan fingerprint density at radius 2 is 2.05 bits per heavy atom. The second-order valence-corrected chi connectivity index (χ2v) is 4.77. The van der Waals surface area contributed by atoms with E-state index in [1.165, 1.54) is 0 Å². The van der Waals surface area contributed by atoms with Crippen molar-refractivity contribution < 1.29 is 9.90 Å². The van der Waals surface area contributed by atoms with Gasteiger partial charge in [-0.15, -0.1) is 0 Å². The van der Waals surface area contributed by atoms with Crippen LogP contribution < -0.4 is 10.6 Å². The van der Waals surface area contributed by atoms with Crippen LogP contribution in [-0.4, -0.2) is 28.3 Å². The third-order valence-electron chi connectivity index (χ3n) is 2.93. The maximum Gasteiger partial charge on any atom is 0.319 e. The fourth-order valence-corrected chi connectivity index (χ4v) is 2.09. The number of carbonyl (C=O) groups excluding carboxylic acids is 1. The van der Waals surface area contributed by atoms with E-state index in [1.54, 1.807) is 24.5 Å². The molecule has 106 valence electrons. The molecule has 5 nitrogen and oxygen atoms in total. The first-order valence-electron chi connectivity index (χ1n) is 6.77. The molecule has 19 heavy (non-hydrogen) atoms. The number of urea groups is 1. The number of carbonyl (C=O) groups is 1. The molecule has 0 aromatic carbocycles. The Balaban J connectivity index is 2.43. The molecule has 1 aromatic rings. The van der Waals surface area contributed by atoms with Gasteiger partial charge in [0.25, 0.3) is 0 Å². The van der Waals surface area contributed by atoms with E-state index < -0.39 is 5.60 Å². The Labute approximate surface area is 114 Å². The lowest BCUT2D eigenvalue weighted by Crippen LogP contribution is -2.44. The summed E-state index contributed by atoms with van der Waals surface area (Å²) in [5, 5.41) is 15.8. The third-order valence-corrected chi connectivity index (χ3v) is 2.93. The number of aliphatic hydroxyl groups is 1. The van der Waals surface area contributed by atoms with Gasteiger partial charge < -0.3 is 15.7 Å². The molecule has 0 radical (unpaired) electrons. The van der Waals surface area contributed by atoms with E-state index in [-0.39, 0.29) is 12.6 Å². The van der Waals surface area contributed by atoms with E-state index in [1.807, 2.05) is 13.8 Å². The van der Waals surface area contributed by atoms with Gasteiger partial charge >= 0.3 is 6.03 Å². The highest BCUT2D eigenvalue weighted by atomic mass is 16.3.